The number of hydrogen-bond acceptors (Lipinski definition) is 3. The molecular weight excluding hydrogens is 418 g/mol. The van der Waals surface area contributed by atoms with Gasteiger partial charge in [-0.25, -0.2) is 0 Å². The lowest BCUT2D eigenvalue weighted by Gasteiger charge is -2.30. The smallest absolute Gasteiger partial charge is 0.253 e. The van der Waals surface area contributed by atoms with Crippen molar-refractivity contribution in [2.45, 2.75) is 52.3 Å². The van der Waals surface area contributed by atoms with Crippen LogP contribution in [0.15, 0.2) is 53.3 Å². The molecule has 32 heavy (non-hydrogen) atoms. The van der Waals surface area contributed by atoms with Gasteiger partial charge in [0.15, 0.2) is 5.11 Å². The molecule has 3 aromatic rings. The highest BCUT2D eigenvalue weighted by Crippen LogP contribution is 2.21. The number of aryl methyl sites for hydroxylation is 2. The maximum absolute atomic E-state index is 13.0. The van der Waals surface area contributed by atoms with Gasteiger partial charge in [0.1, 0.15) is 0 Å². The second-order valence-electron chi connectivity index (χ2n) is 8.69. The fourth-order valence-corrected chi connectivity index (χ4v) is 4.56. The van der Waals surface area contributed by atoms with Crippen LogP contribution in [0, 0.1) is 13.8 Å². The number of pyridine rings is 1. The molecule has 1 aliphatic heterocycles. The van der Waals surface area contributed by atoms with E-state index < -0.39 is 0 Å². The monoisotopic (exact) mass is 449 g/mol. The first-order valence-corrected chi connectivity index (χ1v) is 11.7. The Labute approximate surface area is 194 Å². The molecule has 2 heterocycles. The van der Waals surface area contributed by atoms with Crippen molar-refractivity contribution in [1.82, 2.24) is 15.2 Å². The van der Waals surface area contributed by atoms with E-state index in [4.69, 9.17) is 17.0 Å². The third kappa shape index (κ3) is 5.03. The normalized spacial score (nSPS) is 16.8. The number of thiocarbonyl (C=S) groups is 1. The van der Waals surface area contributed by atoms with Crippen LogP contribution in [0.1, 0.15) is 48.1 Å². The van der Waals surface area contributed by atoms with E-state index in [9.17, 15) is 4.79 Å². The lowest BCUT2D eigenvalue weighted by Crippen LogP contribution is -2.44. The summed E-state index contributed by atoms with van der Waals surface area (Å²) in [5.41, 5.74) is 4.99. The Morgan fingerprint density at radius 1 is 1.25 bits per heavy atom. The van der Waals surface area contributed by atoms with Gasteiger partial charge < -0.3 is 19.9 Å². The molecular formula is C26H31N3O2S. The Hall–Kier alpha value is -2.70. The molecule has 1 saturated heterocycles. The molecule has 0 spiro atoms. The average molecular weight is 450 g/mol. The summed E-state index contributed by atoms with van der Waals surface area (Å²) in [7, 11) is 0. The highest BCUT2D eigenvalue weighted by Gasteiger charge is 2.23. The van der Waals surface area contributed by atoms with Gasteiger partial charge in [0, 0.05) is 18.7 Å². The van der Waals surface area contributed by atoms with Crippen LogP contribution in [0.4, 0.5) is 0 Å². The first kappa shape index (κ1) is 22.5. The molecule has 1 fully saturated rings. The van der Waals surface area contributed by atoms with Crippen LogP contribution in [-0.4, -0.2) is 34.3 Å². The number of hydrogen-bond donors (Lipinski definition) is 2. The fraction of sp³-hybridized carbons (Fsp3) is 0.385. The molecule has 2 unspecified atom stereocenters. The summed E-state index contributed by atoms with van der Waals surface area (Å²) in [4.78, 5) is 18.1. The van der Waals surface area contributed by atoms with Crippen molar-refractivity contribution in [3.05, 3.63) is 81.1 Å². The number of fused-ring (bicyclic) bond motifs is 1. The van der Waals surface area contributed by atoms with Crippen LogP contribution in [0.25, 0.3) is 10.9 Å². The van der Waals surface area contributed by atoms with Crippen molar-refractivity contribution in [2.24, 2.45) is 0 Å². The van der Waals surface area contributed by atoms with Crippen LogP contribution >= 0.6 is 12.2 Å². The van der Waals surface area contributed by atoms with E-state index in [0.29, 0.717) is 23.8 Å². The number of aromatic nitrogens is 1. The summed E-state index contributed by atoms with van der Waals surface area (Å²) < 4.78 is 5.88. The number of nitrogens with one attached hydrogen (secondary N) is 2. The highest BCUT2D eigenvalue weighted by atomic mass is 32.1. The van der Waals surface area contributed by atoms with E-state index in [1.165, 1.54) is 11.1 Å². The molecule has 4 rings (SSSR count). The standard InChI is InChI=1S/C26H31N3O2S/c1-17-11-12-21-14-22(25(30)28-24(21)18(17)2)15-29(16-23-10-7-13-31-23)26(32)27-19(3)20-8-5-4-6-9-20/h4-6,8-9,11-12,14,19,23H,7,10,13,15-16H2,1-3H3,(H,27,32)(H,28,30). The van der Waals surface area contributed by atoms with E-state index in [2.05, 4.69) is 53.3 Å². The Balaban J connectivity index is 1.59. The van der Waals surface area contributed by atoms with Gasteiger partial charge in [-0.1, -0.05) is 42.5 Å². The molecule has 6 heteroatoms. The summed E-state index contributed by atoms with van der Waals surface area (Å²) in [6.45, 7) is 8.08. The largest absolute Gasteiger partial charge is 0.376 e. The molecule has 0 saturated carbocycles. The quantitative estimate of drug-likeness (QED) is 0.532. The van der Waals surface area contributed by atoms with Crippen LogP contribution in [0.5, 0.6) is 0 Å². The van der Waals surface area contributed by atoms with Crippen LogP contribution in [0.3, 0.4) is 0 Å². The predicted octanol–water partition coefficient (Wildman–Crippen LogP) is 4.76. The van der Waals surface area contributed by atoms with E-state index in [0.717, 1.165) is 35.9 Å². The lowest BCUT2D eigenvalue weighted by atomic mass is 10.0. The zero-order valence-electron chi connectivity index (χ0n) is 19.0. The molecule has 2 aromatic carbocycles. The highest BCUT2D eigenvalue weighted by molar-refractivity contribution is 7.80. The van der Waals surface area contributed by atoms with Gasteiger partial charge in [-0.2, -0.15) is 0 Å². The first-order valence-electron chi connectivity index (χ1n) is 11.3. The predicted molar refractivity (Wildman–Crippen MR) is 134 cm³/mol. The lowest BCUT2D eigenvalue weighted by molar-refractivity contribution is 0.0895. The zero-order chi connectivity index (χ0) is 22.7. The maximum Gasteiger partial charge on any atom is 0.253 e. The third-order valence-corrected chi connectivity index (χ3v) is 6.74. The Morgan fingerprint density at radius 2 is 2.03 bits per heavy atom. The number of aromatic amines is 1. The summed E-state index contributed by atoms with van der Waals surface area (Å²) in [6.07, 6.45) is 2.21. The van der Waals surface area contributed by atoms with Crippen molar-refractivity contribution in [3.8, 4) is 0 Å². The minimum Gasteiger partial charge on any atom is -0.376 e. The van der Waals surface area contributed by atoms with Gasteiger partial charge in [0.25, 0.3) is 5.56 Å². The summed E-state index contributed by atoms with van der Waals surface area (Å²) in [6, 6.07) is 16.5. The minimum atomic E-state index is -0.0672. The van der Waals surface area contributed by atoms with Crippen LogP contribution in [0.2, 0.25) is 0 Å². The summed E-state index contributed by atoms with van der Waals surface area (Å²) in [5.74, 6) is 0. The Morgan fingerprint density at radius 3 is 2.75 bits per heavy atom. The molecule has 168 valence electrons. The Bertz CT molecular complexity index is 1150. The van der Waals surface area contributed by atoms with Crippen molar-refractivity contribution >= 4 is 28.2 Å². The first-order chi connectivity index (χ1) is 15.4. The molecule has 5 nitrogen and oxygen atoms in total. The number of ether oxygens (including phenoxy) is 1. The molecule has 1 aliphatic rings. The molecule has 2 N–H and O–H groups in total. The Kier molecular flexibility index (Phi) is 6.92. The van der Waals surface area contributed by atoms with Gasteiger partial charge in [-0.15, -0.1) is 0 Å². The molecule has 2 atom stereocenters. The zero-order valence-corrected chi connectivity index (χ0v) is 19.8. The number of H-pyrrole nitrogens is 1. The molecule has 1 aromatic heterocycles. The van der Waals surface area contributed by atoms with Gasteiger partial charge in [-0.3, -0.25) is 4.79 Å². The van der Waals surface area contributed by atoms with Gasteiger partial charge in [0.05, 0.1) is 24.2 Å². The van der Waals surface area contributed by atoms with E-state index in [1.807, 2.05) is 31.2 Å². The molecule has 0 radical (unpaired) electrons. The third-order valence-electron chi connectivity index (χ3n) is 6.36. The van der Waals surface area contributed by atoms with Crippen molar-refractivity contribution in [1.29, 1.82) is 0 Å². The summed E-state index contributed by atoms with van der Waals surface area (Å²) in [5, 5.41) is 5.13. The second-order valence-corrected chi connectivity index (χ2v) is 9.08. The second kappa shape index (κ2) is 9.84. The molecule has 0 aliphatic carbocycles. The van der Waals surface area contributed by atoms with E-state index in [1.54, 1.807) is 0 Å². The van der Waals surface area contributed by atoms with Crippen molar-refractivity contribution in [3.63, 3.8) is 0 Å². The molecule has 0 bridgehead atoms. The van der Waals surface area contributed by atoms with E-state index in [-0.39, 0.29) is 17.7 Å². The minimum absolute atomic E-state index is 0.0659. The van der Waals surface area contributed by atoms with Crippen molar-refractivity contribution in [2.75, 3.05) is 13.2 Å². The van der Waals surface area contributed by atoms with Gasteiger partial charge in [0.2, 0.25) is 0 Å². The van der Waals surface area contributed by atoms with Crippen LogP contribution in [-0.2, 0) is 11.3 Å². The SMILES string of the molecule is Cc1ccc2cc(CN(CC3CCCO3)C(=S)NC(C)c3ccccc3)c(=O)[nH]c2c1C. The number of nitrogens with zero attached hydrogens (tertiary/aromatic N) is 1. The maximum atomic E-state index is 13.0. The average Bonchev–Trinajstić information content (AvgIpc) is 3.30. The van der Waals surface area contributed by atoms with Crippen LogP contribution < -0.4 is 10.9 Å². The van der Waals surface area contributed by atoms with E-state index >= 15 is 0 Å². The topological polar surface area (TPSA) is 57.4 Å². The van der Waals surface area contributed by atoms with Gasteiger partial charge >= 0.3 is 0 Å². The van der Waals surface area contributed by atoms with Crippen molar-refractivity contribution < 1.29 is 4.74 Å². The van der Waals surface area contributed by atoms with Gasteiger partial charge in [-0.05, 0) is 74.0 Å². The summed E-state index contributed by atoms with van der Waals surface area (Å²) >= 11 is 5.81. The number of rotatable bonds is 6. The fourth-order valence-electron chi connectivity index (χ4n) is 4.25. The number of benzene rings is 2. The molecule has 0 amide bonds.